The van der Waals surface area contributed by atoms with Crippen molar-refractivity contribution in [1.82, 2.24) is 14.6 Å². The van der Waals surface area contributed by atoms with Crippen LogP contribution in [-0.4, -0.2) is 38.4 Å². The largest absolute Gasteiger partial charge is 0.396 e. The molecule has 2 saturated carbocycles. The first kappa shape index (κ1) is 17.3. The molecular formula is C17H23Cl2N5O. The van der Waals surface area contributed by atoms with Gasteiger partial charge in [0.05, 0.1) is 11.9 Å². The maximum absolute atomic E-state index is 9.85. The first-order valence-electron chi connectivity index (χ1n) is 8.82. The highest BCUT2D eigenvalue weighted by molar-refractivity contribution is 6.33. The number of hydrogen-bond acceptors (Lipinski definition) is 5. The molecule has 1 unspecified atom stereocenters. The second kappa shape index (κ2) is 5.98. The van der Waals surface area contributed by atoms with E-state index in [2.05, 4.69) is 10.4 Å². The standard InChI is InChI=1S/C17H22ClN5O.ClH/c18-13-7-20-23-15(21-11-2-1-10(19)6-11)12-5-9(8-24)17(3-4-17)14(12)22-16(13)23;/h7,9-11,21,24H,1-6,8,19H2;1H/t9?,10-,11-;/m0./s1. The number of hydrogen-bond donors (Lipinski definition) is 3. The summed E-state index contributed by atoms with van der Waals surface area (Å²) in [6.07, 6.45) is 7.82. The Morgan fingerprint density at radius 1 is 1.40 bits per heavy atom. The zero-order valence-electron chi connectivity index (χ0n) is 13.9. The van der Waals surface area contributed by atoms with Gasteiger partial charge in [0.25, 0.3) is 0 Å². The molecule has 2 aromatic rings. The number of nitrogens with one attached hydrogen (secondary N) is 1. The molecule has 2 heterocycles. The molecule has 3 aliphatic carbocycles. The van der Waals surface area contributed by atoms with Crippen molar-refractivity contribution in [3.63, 3.8) is 0 Å². The summed E-state index contributed by atoms with van der Waals surface area (Å²) in [5, 5.41) is 18.5. The summed E-state index contributed by atoms with van der Waals surface area (Å²) < 4.78 is 1.83. The van der Waals surface area contributed by atoms with Crippen molar-refractivity contribution in [2.24, 2.45) is 11.7 Å². The van der Waals surface area contributed by atoms with Crippen LogP contribution >= 0.6 is 24.0 Å². The van der Waals surface area contributed by atoms with Crippen LogP contribution in [0.3, 0.4) is 0 Å². The number of rotatable bonds is 3. The van der Waals surface area contributed by atoms with Gasteiger partial charge in [-0.2, -0.15) is 9.61 Å². The molecule has 5 rings (SSSR count). The van der Waals surface area contributed by atoms with E-state index < -0.39 is 0 Å². The maximum Gasteiger partial charge on any atom is 0.176 e. The molecule has 4 N–H and O–H groups in total. The van der Waals surface area contributed by atoms with Crippen molar-refractivity contribution in [3.8, 4) is 0 Å². The number of fused-ring (bicyclic) bond motifs is 3. The quantitative estimate of drug-likeness (QED) is 0.756. The number of aliphatic hydroxyl groups excluding tert-OH is 1. The summed E-state index contributed by atoms with van der Waals surface area (Å²) in [6.45, 7) is 0.208. The average molecular weight is 384 g/mol. The monoisotopic (exact) mass is 383 g/mol. The van der Waals surface area contributed by atoms with Crippen LogP contribution in [0.2, 0.25) is 5.02 Å². The lowest BCUT2D eigenvalue weighted by molar-refractivity contribution is 0.204. The molecule has 0 aromatic carbocycles. The summed E-state index contributed by atoms with van der Waals surface area (Å²) in [5.41, 5.74) is 9.18. The first-order valence-corrected chi connectivity index (χ1v) is 9.20. The van der Waals surface area contributed by atoms with Gasteiger partial charge in [-0.3, -0.25) is 0 Å². The number of anilines is 1. The predicted octanol–water partition coefficient (Wildman–Crippen LogP) is 2.29. The third kappa shape index (κ3) is 2.46. The van der Waals surface area contributed by atoms with Gasteiger partial charge in [0.2, 0.25) is 0 Å². The molecule has 3 aliphatic rings. The van der Waals surface area contributed by atoms with Crippen molar-refractivity contribution >= 4 is 35.5 Å². The predicted molar refractivity (Wildman–Crippen MR) is 99.7 cm³/mol. The molecule has 0 saturated heterocycles. The Balaban J connectivity index is 0.00000157. The average Bonchev–Trinajstić information content (AvgIpc) is 2.98. The number of nitrogens with two attached hydrogens (primary N) is 1. The van der Waals surface area contributed by atoms with Crippen LogP contribution < -0.4 is 11.1 Å². The van der Waals surface area contributed by atoms with Crippen molar-refractivity contribution in [3.05, 3.63) is 22.5 Å². The molecule has 8 heteroatoms. The van der Waals surface area contributed by atoms with Gasteiger partial charge in [0, 0.05) is 29.7 Å². The van der Waals surface area contributed by atoms with Gasteiger partial charge in [0.15, 0.2) is 5.65 Å². The minimum atomic E-state index is 0. The first-order chi connectivity index (χ1) is 11.6. The van der Waals surface area contributed by atoms with E-state index in [0.29, 0.717) is 16.7 Å². The van der Waals surface area contributed by atoms with Crippen molar-refractivity contribution in [2.45, 2.75) is 56.0 Å². The second-order valence-electron chi connectivity index (χ2n) is 7.67. The Morgan fingerprint density at radius 2 is 2.20 bits per heavy atom. The van der Waals surface area contributed by atoms with Crippen molar-refractivity contribution in [1.29, 1.82) is 0 Å². The van der Waals surface area contributed by atoms with Crippen LogP contribution in [0.5, 0.6) is 0 Å². The lowest BCUT2D eigenvalue weighted by Crippen LogP contribution is -2.23. The molecule has 2 fully saturated rings. The lowest BCUT2D eigenvalue weighted by Gasteiger charge is -2.19. The third-order valence-corrected chi connectivity index (χ3v) is 6.50. The van der Waals surface area contributed by atoms with Crippen LogP contribution in [0.1, 0.15) is 43.4 Å². The van der Waals surface area contributed by atoms with Crippen LogP contribution in [0.25, 0.3) is 5.65 Å². The number of aromatic nitrogens is 3. The molecule has 0 aliphatic heterocycles. The summed E-state index contributed by atoms with van der Waals surface area (Å²) >= 11 is 6.33. The van der Waals surface area contributed by atoms with Gasteiger partial charge in [-0.25, -0.2) is 4.98 Å². The van der Waals surface area contributed by atoms with Gasteiger partial charge in [-0.05, 0) is 44.4 Å². The topological polar surface area (TPSA) is 88.5 Å². The van der Waals surface area contributed by atoms with E-state index in [0.717, 1.165) is 50.0 Å². The third-order valence-electron chi connectivity index (χ3n) is 6.23. The number of aliphatic hydroxyl groups is 1. The highest BCUT2D eigenvalue weighted by atomic mass is 35.5. The summed E-state index contributed by atoms with van der Waals surface area (Å²) in [4.78, 5) is 4.87. The number of nitrogens with zero attached hydrogens (tertiary/aromatic N) is 3. The van der Waals surface area contributed by atoms with Gasteiger partial charge in [-0.1, -0.05) is 11.6 Å². The fourth-order valence-corrected chi connectivity index (χ4v) is 4.91. The SMILES string of the molecule is Cl.N[C@H]1CC[C@H](Nc2c3c(nc4c(Cl)cnn24)C2(CC2)C(CO)C3)C1. The molecule has 136 valence electrons. The van der Waals surface area contributed by atoms with E-state index in [1.54, 1.807) is 6.20 Å². The smallest absolute Gasteiger partial charge is 0.176 e. The second-order valence-corrected chi connectivity index (χ2v) is 8.08. The van der Waals surface area contributed by atoms with Crippen LogP contribution in [0.15, 0.2) is 6.20 Å². The molecule has 6 nitrogen and oxygen atoms in total. The Labute approximate surface area is 157 Å². The maximum atomic E-state index is 9.85. The molecule has 0 amide bonds. The lowest BCUT2D eigenvalue weighted by atomic mass is 9.92. The normalized spacial score (nSPS) is 29.0. The molecule has 0 radical (unpaired) electrons. The van der Waals surface area contributed by atoms with Crippen molar-refractivity contribution < 1.29 is 5.11 Å². The molecule has 1 spiro atoms. The fraction of sp³-hybridized carbons (Fsp3) is 0.647. The summed E-state index contributed by atoms with van der Waals surface area (Å²) in [7, 11) is 0. The van der Waals surface area contributed by atoms with E-state index in [1.807, 2.05) is 4.52 Å². The zero-order chi connectivity index (χ0) is 16.5. The van der Waals surface area contributed by atoms with Crippen LogP contribution in [-0.2, 0) is 11.8 Å². The van der Waals surface area contributed by atoms with E-state index in [9.17, 15) is 5.11 Å². The summed E-state index contributed by atoms with van der Waals surface area (Å²) in [5.74, 6) is 1.26. The van der Waals surface area contributed by atoms with Crippen molar-refractivity contribution in [2.75, 3.05) is 11.9 Å². The molecule has 2 aromatic heterocycles. The zero-order valence-corrected chi connectivity index (χ0v) is 15.5. The van der Waals surface area contributed by atoms with Gasteiger partial charge in [0.1, 0.15) is 10.8 Å². The highest BCUT2D eigenvalue weighted by Crippen LogP contribution is 2.60. The Morgan fingerprint density at radius 3 is 2.84 bits per heavy atom. The number of halogens is 2. The van der Waals surface area contributed by atoms with E-state index in [1.165, 1.54) is 5.56 Å². The minimum Gasteiger partial charge on any atom is -0.396 e. The van der Waals surface area contributed by atoms with Gasteiger partial charge in [-0.15, -0.1) is 12.4 Å². The summed E-state index contributed by atoms with van der Waals surface area (Å²) in [6, 6.07) is 0.634. The molecular weight excluding hydrogens is 361 g/mol. The fourth-order valence-electron chi connectivity index (χ4n) is 4.75. The molecule has 25 heavy (non-hydrogen) atoms. The van der Waals surface area contributed by atoms with Gasteiger partial charge >= 0.3 is 0 Å². The Hall–Kier alpha value is -1.08. The highest BCUT2D eigenvalue weighted by Gasteiger charge is 2.57. The Bertz CT molecular complexity index is 819. The van der Waals surface area contributed by atoms with Crippen LogP contribution in [0.4, 0.5) is 5.82 Å². The van der Waals surface area contributed by atoms with E-state index in [-0.39, 0.29) is 36.4 Å². The molecule has 0 bridgehead atoms. The van der Waals surface area contributed by atoms with Crippen LogP contribution in [0, 0.1) is 5.92 Å². The molecule has 3 atom stereocenters. The Kier molecular flexibility index (Phi) is 4.15. The van der Waals surface area contributed by atoms with E-state index >= 15 is 0 Å². The van der Waals surface area contributed by atoms with E-state index in [4.69, 9.17) is 22.3 Å². The minimum absolute atomic E-state index is 0. The van der Waals surface area contributed by atoms with Gasteiger partial charge < -0.3 is 16.2 Å².